The Labute approximate surface area is 80.2 Å². The second-order valence-corrected chi connectivity index (χ2v) is 3.28. The summed E-state index contributed by atoms with van der Waals surface area (Å²) in [5, 5.41) is 0. The lowest BCUT2D eigenvalue weighted by atomic mass is 10.1. The number of rotatable bonds is 3. The van der Waals surface area contributed by atoms with Crippen LogP contribution in [0.4, 0.5) is 4.39 Å². The topological polar surface area (TPSA) is 0 Å². The molecule has 1 rings (SSSR count). The zero-order chi connectivity index (χ0) is 8.81. The summed E-state index contributed by atoms with van der Waals surface area (Å²) < 4.78 is 11.9. The predicted octanol–water partition coefficient (Wildman–Crippen LogP) is 3.83. The average molecular weight is 229 g/mol. The van der Waals surface area contributed by atoms with Gasteiger partial charge in [0.05, 0.1) is 0 Å². The van der Waals surface area contributed by atoms with Crippen LogP contribution in [0.3, 0.4) is 0 Å². The Hall–Kier alpha value is -0.630. The molecule has 12 heavy (non-hydrogen) atoms. The molecule has 0 fully saturated rings. The van der Waals surface area contributed by atoms with Gasteiger partial charge in [0.15, 0.2) is 4.74 Å². The van der Waals surface area contributed by atoms with E-state index in [4.69, 9.17) is 0 Å². The van der Waals surface area contributed by atoms with Crippen molar-refractivity contribution in [1.82, 2.24) is 0 Å². The van der Waals surface area contributed by atoms with E-state index in [1.807, 2.05) is 30.3 Å². The van der Waals surface area contributed by atoms with Crippen LogP contribution in [0.25, 0.3) is 0 Å². The van der Waals surface area contributed by atoms with Crippen LogP contribution in [-0.4, -0.2) is 0 Å². The number of hydrogen-bond donors (Lipinski definition) is 0. The van der Waals surface area contributed by atoms with Crippen molar-refractivity contribution in [3.05, 3.63) is 46.7 Å². The fraction of sp³-hybridized carbons (Fsp3) is 0.200. The Morgan fingerprint density at radius 3 is 2.58 bits per heavy atom. The molecule has 0 saturated heterocycles. The highest BCUT2D eigenvalue weighted by molar-refractivity contribution is 9.11. The summed E-state index contributed by atoms with van der Waals surface area (Å²) in [4.78, 5) is 0. The monoisotopic (exact) mass is 228 g/mol. The van der Waals surface area contributed by atoms with Gasteiger partial charge in [-0.25, -0.2) is 0 Å². The van der Waals surface area contributed by atoms with Crippen molar-refractivity contribution in [2.45, 2.75) is 12.8 Å². The zero-order valence-electron chi connectivity index (χ0n) is 6.63. The molecule has 0 N–H and O–H groups in total. The summed E-state index contributed by atoms with van der Waals surface area (Å²) >= 11 is 2.74. The summed E-state index contributed by atoms with van der Waals surface area (Å²) in [5.41, 5.74) is 1.24. The molecule has 0 atom stereocenters. The first-order valence-electron chi connectivity index (χ1n) is 3.84. The lowest BCUT2D eigenvalue weighted by molar-refractivity contribution is 0.697. The van der Waals surface area contributed by atoms with Crippen LogP contribution in [0.5, 0.6) is 0 Å². The van der Waals surface area contributed by atoms with Crippen molar-refractivity contribution in [3.63, 3.8) is 0 Å². The molecule has 0 aliphatic carbocycles. The molecule has 0 aromatic heterocycles. The number of aryl methyl sites for hydroxylation is 1. The Balaban J connectivity index is 2.39. The summed E-state index contributed by atoms with van der Waals surface area (Å²) in [7, 11) is 0. The van der Waals surface area contributed by atoms with Crippen LogP contribution in [0.15, 0.2) is 41.1 Å². The lowest BCUT2D eigenvalue weighted by Gasteiger charge is -1.95. The average Bonchev–Trinajstić information content (AvgIpc) is 2.05. The Morgan fingerprint density at radius 1 is 1.33 bits per heavy atom. The van der Waals surface area contributed by atoms with Crippen LogP contribution < -0.4 is 0 Å². The highest BCUT2D eigenvalue weighted by Crippen LogP contribution is 2.09. The van der Waals surface area contributed by atoms with Crippen LogP contribution in [-0.2, 0) is 6.42 Å². The third-order valence-electron chi connectivity index (χ3n) is 1.57. The van der Waals surface area contributed by atoms with Gasteiger partial charge < -0.3 is 0 Å². The smallest absolute Gasteiger partial charge is 0.161 e. The van der Waals surface area contributed by atoms with Gasteiger partial charge in [0.25, 0.3) is 0 Å². The van der Waals surface area contributed by atoms with Crippen molar-refractivity contribution < 1.29 is 4.39 Å². The third-order valence-corrected chi connectivity index (χ3v) is 1.90. The Bertz CT molecular complexity index is 250. The van der Waals surface area contributed by atoms with Gasteiger partial charge in [0.1, 0.15) is 0 Å². The minimum Gasteiger partial charge on any atom is -0.199 e. The number of benzene rings is 1. The molecule has 0 amide bonds. The minimum absolute atomic E-state index is 0.279. The molecule has 0 spiro atoms. The zero-order valence-corrected chi connectivity index (χ0v) is 8.22. The Morgan fingerprint density at radius 2 is 2.00 bits per heavy atom. The molecule has 0 heterocycles. The SMILES string of the molecule is F/C(Br)=C\CCc1ccccc1. The molecule has 1 aromatic rings. The molecule has 0 saturated carbocycles. The molecular weight excluding hydrogens is 219 g/mol. The molecule has 0 nitrogen and oxygen atoms in total. The van der Waals surface area contributed by atoms with E-state index in [0.717, 1.165) is 12.8 Å². The normalized spacial score (nSPS) is 11.7. The molecule has 64 valence electrons. The first kappa shape index (κ1) is 9.46. The highest BCUT2D eigenvalue weighted by atomic mass is 79.9. The van der Waals surface area contributed by atoms with E-state index in [9.17, 15) is 4.39 Å². The van der Waals surface area contributed by atoms with E-state index in [2.05, 4.69) is 15.9 Å². The van der Waals surface area contributed by atoms with Crippen molar-refractivity contribution >= 4 is 15.9 Å². The van der Waals surface area contributed by atoms with Crippen LogP contribution in [0.2, 0.25) is 0 Å². The molecule has 0 aliphatic heterocycles. The van der Waals surface area contributed by atoms with Gasteiger partial charge in [-0.15, -0.1) is 0 Å². The lowest BCUT2D eigenvalue weighted by Crippen LogP contribution is -1.80. The maximum absolute atomic E-state index is 12.2. The quantitative estimate of drug-likeness (QED) is 0.738. The number of hydrogen-bond acceptors (Lipinski definition) is 0. The highest BCUT2D eigenvalue weighted by Gasteiger charge is 1.89. The molecule has 0 radical (unpaired) electrons. The van der Waals surface area contributed by atoms with Crippen LogP contribution in [0.1, 0.15) is 12.0 Å². The predicted molar refractivity (Wildman–Crippen MR) is 52.9 cm³/mol. The maximum Gasteiger partial charge on any atom is 0.161 e. The van der Waals surface area contributed by atoms with Crippen molar-refractivity contribution in [3.8, 4) is 0 Å². The second-order valence-electron chi connectivity index (χ2n) is 2.52. The summed E-state index contributed by atoms with van der Waals surface area (Å²) in [6.07, 6.45) is 3.16. The van der Waals surface area contributed by atoms with E-state index in [0.29, 0.717) is 0 Å². The van der Waals surface area contributed by atoms with Gasteiger partial charge in [0, 0.05) is 0 Å². The van der Waals surface area contributed by atoms with Crippen molar-refractivity contribution in [2.75, 3.05) is 0 Å². The van der Waals surface area contributed by atoms with Crippen molar-refractivity contribution in [2.24, 2.45) is 0 Å². The van der Waals surface area contributed by atoms with Crippen molar-refractivity contribution in [1.29, 1.82) is 0 Å². The fourth-order valence-corrected chi connectivity index (χ4v) is 1.22. The van der Waals surface area contributed by atoms with E-state index in [-0.39, 0.29) is 4.74 Å². The van der Waals surface area contributed by atoms with Gasteiger partial charge >= 0.3 is 0 Å². The summed E-state index contributed by atoms with van der Waals surface area (Å²) in [5.74, 6) is 0. The van der Waals surface area contributed by atoms with E-state index in [1.54, 1.807) is 0 Å². The van der Waals surface area contributed by atoms with Gasteiger partial charge in [0.2, 0.25) is 0 Å². The molecule has 0 bridgehead atoms. The van der Waals surface area contributed by atoms with Gasteiger partial charge in [-0.2, -0.15) is 4.39 Å². The molecule has 0 unspecified atom stereocenters. The second kappa shape index (κ2) is 5.09. The molecular formula is C10H10BrF. The minimum atomic E-state index is -0.279. The Kier molecular flexibility index (Phi) is 4.01. The van der Waals surface area contributed by atoms with Gasteiger partial charge in [-0.1, -0.05) is 30.3 Å². The first-order chi connectivity index (χ1) is 5.79. The summed E-state index contributed by atoms with van der Waals surface area (Å²) in [6.45, 7) is 0. The van der Waals surface area contributed by atoms with E-state index in [1.165, 1.54) is 11.6 Å². The first-order valence-corrected chi connectivity index (χ1v) is 4.63. The number of allylic oxidation sites excluding steroid dienone is 1. The molecule has 0 aliphatic rings. The molecule has 2 heteroatoms. The van der Waals surface area contributed by atoms with Crippen LogP contribution in [0, 0.1) is 0 Å². The standard InChI is InChI=1S/C10H10BrF/c11-10(12)8-4-7-9-5-2-1-3-6-9/h1-3,5-6,8H,4,7H2/b10-8-. The van der Waals surface area contributed by atoms with Gasteiger partial charge in [-0.05, 0) is 40.4 Å². The van der Waals surface area contributed by atoms with Gasteiger partial charge in [-0.3, -0.25) is 0 Å². The third kappa shape index (κ3) is 3.67. The fourth-order valence-electron chi connectivity index (χ4n) is 0.993. The maximum atomic E-state index is 12.2. The summed E-state index contributed by atoms with van der Waals surface area (Å²) in [6, 6.07) is 10.0. The van der Waals surface area contributed by atoms with Crippen LogP contribution >= 0.6 is 15.9 Å². The largest absolute Gasteiger partial charge is 0.199 e. The molecule has 1 aromatic carbocycles. The number of halogens is 2. The van der Waals surface area contributed by atoms with E-state index < -0.39 is 0 Å². The van der Waals surface area contributed by atoms with E-state index >= 15 is 0 Å².